The number of nitro benzene ring substituents is 1. The summed E-state index contributed by atoms with van der Waals surface area (Å²) in [5, 5.41) is 14.1. The molecule has 2 amide bonds. The number of amides is 2. The van der Waals surface area contributed by atoms with E-state index in [2.05, 4.69) is 29.6 Å². The molecule has 1 N–H and O–H groups in total. The molecule has 142 valence electrons. The van der Waals surface area contributed by atoms with Crippen molar-refractivity contribution < 1.29 is 9.72 Å². The quantitative estimate of drug-likeness (QED) is 0.586. The van der Waals surface area contributed by atoms with Crippen LogP contribution in [0.25, 0.3) is 0 Å². The Morgan fingerprint density at radius 3 is 2.56 bits per heavy atom. The first kappa shape index (κ1) is 18.9. The molecule has 6 nitrogen and oxygen atoms in total. The Bertz CT molecular complexity index is 833. The second-order valence-corrected chi connectivity index (χ2v) is 7.11. The Labute approximate surface area is 159 Å². The lowest BCUT2D eigenvalue weighted by molar-refractivity contribution is -0.385. The smallest absolute Gasteiger partial charge is 0.317 e. The topological polar surface area (TPSA) is 75.5 Å². The predicted molar refractivity (Wildman–Crippen MR) is 106 cm³/mol. The summed E-state index contributed by atoms with van der Waals surface area (Å²) in [6.45, 7) is 4.39. The molecule has 2 aromatic rings. The van der Waals surface area contributed by atoms with Crippen molar-refractivity contribution in [2.45, 2.75) is 45.6 Å². The van der Waals surface area contributed by atoms with Crippen LogP contribution in [0.2, 0.25) is 0 Å². The summed E-state index contributed by atoms with van der Waals surface area (Å²) in [5.41, 5.74) is 3.29. The number of hydrogen-bond acceptors (Lipinski definition) is 3. The third kappa shape index (κ3) is 4.27. The predicted octanol–water partition coefficient (Wildman–Crippen LogP) is 5.36. The maximum absolute atomic E-state index is 13.0. The van der Waals surface area contributed by atoms with Gasteiger partial charge in [-0.15, -0.1) is 0 Å². The number of hydrogen-bond donors (Lipinski definition) is 1. The van der Waals surface area contributed by atoms with Gasteiger partial charge in [-0.05, 0) is 38.3 Å². The average molecular weight is 367 g/mol. The first-order valence-corrected chi connectivity index (χ1v) is 9.35. The lowest BCUT2D eigenvalue weighted by atomic mass is 10.00. The van der Waals surface area contributed by atoms with Crippen molar-refractivity contribution in [2.75, 3.05) is 11.9 Å². The van der Waals surface area contributed by atoms with E-state index in [9.17, 15) is 14.9 Å². The number of nitrogens with one attached hydrogen (secondary N) is 1. The first-order valence-electron chi connectivity index (χ1n) is 9.35. The molecule has 3 rings (SSSR count). The minimum atomic E-state index is -0.425. The zero-order valence-corrected chi connectivity index (χ0v) is 15.8. The van der Waals surface area contributed by atoms with E-state index in [1.165, 1.54) is 11.6 Å². The maximum atomic E-state index is 13.0. The molecule has 1 heterocycles. The van der Waals surface area contributed by atoms with Crippen molar-refractivity contribution in [1.29, 1.82) is 0 Å². The molecular weight excluding hydrogens is 342 g/mol. The van der Waals surface area contributed by atoms with E-state index in [0.29, 0.717) is 17.8 Å². The summed E-state index contributed by atoms with van der Waals surface area (Å²) < 4.78 is 0. The zero-order valence-electron chi connectivity index (χ0n) is 15.8. The van der Waals surface area contributed by atoms with E-state index >= 15 is 0 Å². The van der Waals surface area contributed by atoms with Crippen LogP contribution in [0.5, 0.6) is 0 Å². The van der Waals surface area contributed by atoms with Crippen molar-refractivity contribution in [2.24, 2.45) is 0 Å². The Kier molecular flexibility index (Phi) is 5.74. The monoisotopic (exact) mass is 367 g/mol. The lowest BCUT2D eigenvalue weighted by Crippen LogP contribution is -2.38. The van der Waals surface area contributed by atoms with E-state index < -0.39 is 4.92 Å². The van der Waals surface area contributed by atoms with Crippen LogP contribution in [-0.4, -0.2) is 22.4 Å². The van der Waals surface area contributed by atoms with Gasteiger partial charge < -0.3 is 10.2 Å². The second kappa shape index (κ2) is 8.20. The Morgan fingerprint density at radius 1 is 1.11 bits per heavy atom. The van der Waals surface area contributed by atoms with E-state index in [1.807, 2.05) is 11.8 Å². The lowest BCUT2D eigenvalue weighted by Gasteiger charge is -2.31. The van der Waals surface area contributed by atoms with Crippen molar-refractivity contribution in [3.05, 3.63) is 69.3 Å². The summed E-state index contributed by atoms with van der Waals surface area (Å²) in [6, 6.07) is 12.9. The number of anilines is 1. The molecule has 1 atom stereocenters. The highest BCUT2D eigenvalue weighted by Crippen LogP contribution is 2.32. The number of rotatable bonds is 3. The Hall–Kier alpha value is -2.89. The fraction of sp³-hybridized carbons (Fsp3) is 0.381. The first-order chi connectivity index (χ1) is 13.0. The molecule has 0 aromatic heterocycles. The SMILES string of the molecule is Cc1ccc([C@@H]2CCCCCN2C(=O)Nc2cccc([N+](=O)[O-])c2C)cc1. The summed E-state index contributed by atoms with van der Waals surface area (Å²) >= 11 is 0. The van der Waals surface area contributed by atoms with Gasteiger partial charge in [-0.1, -0.05) is 48.7 Å². The van der Waals surface area contributed by atoms with Gasteiger partial charge in [0.25, 0.3) is 5.69 Å². The molecule has 0 aliphatic carbocycles. The molecule has 0 bridgehead atoms. The van der Waals surface area contributed by atoms with Crippen LogP contribution in [0.3, 0.4) is 0 Å². The van der Waals surface area contributed by atoms with Gasteiger partial charge in [0.15, 0.2) is 0 Å². The third-order valence-corrected chi connectivity index (χ3v) is 5.22. The van der Waals surface area contributed by atoms with Crippen LogP contribution in [-0.2, 0) is 0 Å². The molecule has 1 saturated heterocycles. The molecule has 0 unspecified atom stereocenters. The summed E-state index contributed by atoms with van der Waals surface area (Å²) in [5.74, 6) is 0. The van der Waals surface area contributed by atoms with Crippen molar-refractivity contribution in [1.82, 2.24) is 4.90 Å². The standard InChI is InChI=1S/C21H25N3O3/c1-15-10-12-17(13-11-15)20-8-4-3-5-14-23(20)21(25)22-18-7-6-9-19(16(18)2)24(26)27/h6-7,9-13,20H,3-5,8,14H2,1-2H3,(H,22,25)/t20-/m0/s1. The highest BCUT2D eigenvalue weighted by atomic mass is 16.6. The van der Waals surface area contributed by atoms with Crippen molar-refractivity contribution in [3.8, 4) is 0 Å². The zero-order chi connectivity index (χ0) is 19.4. The van der Waals surface area contributed by atoms with E-state index in [1.54, 1.807) is 19.1 Å². The molecule has 0 radical (unpaired) electrons. The fourth-order valence-electron chi connectivity index (χ4n) is 3.63. The van der Waals surface area contributed by atoms with Gasteiger partial charge in [-0.2, -0.15) is 0 Å². The molecule has 1 fully saturated rings. The molecular formula is C21H25N3O3. The number of nitrogens with zero attached hydrogens (tertiary/aromatic N) is 2. The molecule has 27 heavy (non-hydrogen) atoms. The highest BCUT2D eigenvalue weighted by molar-refractivity contribution is 5.91. The molecule has 1 aliphatic rings. The van der Waals surface area contributed by atoms with E-state index in [0.717, 1.165) is 31.2 Å². The number of aryl methyl sites for hydroxylation is 1. The third-order valence-electron chi connectivity index (χ3n) is 5.22. The normalized spacial score (nSPS) is 17.3. The summed E-state index contributed by atoms with van der Waals surface area (Å²) in [6.07, 6.45) is 4.06. The molecule has 2 aromatic carbocycles. The minimum absolute atomic E-state index is 0.0127. The van der Waals surface area contributed by atoms with Gasteiger partial charge in [0.1, 0.15) is 0 Å². The van der Waals surface area contributed by atoms with Crippen LogP contribution in [0, 0.1) is 24.0 Å². The largest absolute Gasteiger partial charge is 0.322 e. The highest BCUT2D eigenvalue weighted by Gasteiger charge is 2.27. The summed E-state index contributed by atoms with van der Waals surface area (Å²) in [7, 11) is 0. The molecule has 1 aliphatic heterocycles. The minimum Gasteiger partial charge on any atom is -0.317 e. The van der Waals surface area contributed by atoms with Crippen LogP contribution in [0.15, 0.2) is 42.5 Å². The number of carbonyl (C=O) groups is 1. The van der Waals surface area contributed by atoms with Gasteiger partial charge >= 0.3 is 6.03 Å². The number of benzene rings is 2. The van der Waals surface area contributed by atoms with Crippen molar-refractivity contribution in [3.63, 3.8) is 0 Å². The average Bonchev–Trinajstić information content (AvgIpc) is 2.90. The number of nitro groups is 1. The maximum Gasteiger partial charge on any atom is 0.322 e. The van der Waals surface area contributed by atoms with E-state index in [-0.39, 0.29) is 17.8 Å². The van der Waals surface area contributed by atoms with Crippen LogP contribution in [0.4, 0.5) is 16.2 Å². The van der Waals surface area contributed by atoms with Gasteiger partial charge in [-0.3, -0.25) is 10.1 Å². The van der Waals surface area contributed by atoms with E-state index in [4.69, 9.17) is 0 Å². The Morgan fingerprint density at radius 2 is 1.85 bits per heavy atom. The van der Waals surface area contributed by atoms with Crippen LogP contribution < -0.4 is 5.32 Å². The number of urea groups is 1. The summed E-state index contributed by atoms with van der Waals surface area (Å²) in [4.78, 5) is 25.6. The Balaban J connectivity index is 1.85. The number of likely N-dealkylation sites (tertiary alicyclic amines) is 1. The number of carbonyl (C=O) groups excluding carboxylic acids is 1. The fourth-order valence-corrected chi connectivity index (χ4v) is 3.63. The van der Waals surface area contributed by atoms with Gasteiger partial charge in [-0.25, -0.2) is 4.79 Å². The van der Waals surface area contributed by atoms with Crippen LogP contribution in [0.1, 0.15) is 48.4 Å². The van der Waals surface area contributed by atoms with Crippen molar-refractivity contribution >= 4 is 17.4 Å². The molecule has 0 spiro atoms. The second-order valence-electron chi connectivity index (χ2n) is 7.11. The van der Waals surface area contributed by atoms with Gasteiger partial charge in [0, 0.05) is 12.6 Å². The van der Waals surface area contributed by atoms with Gasteiger partial charge in [0.05, 0.1) is 22.2 Å². The van der Waals surface area contributed by atoms with Crippen LogP contribution >= 0.6 is 0 Å². The molecule has 0 saturated carbocycles. The van der Waals surface area contributed by atoms with Gasteiger partial charge in [0.2, 0.25) is 0 Å². The molecule has 6 heteroatoms.